The molecule has 2 aromatic carbocycles. The first-order valence-electron chi connectivity index (χ1n) is 8.44. The van der Waals surface area contributed by atoms with Crippen molar-refractivity contribution in [3.63, 3.8) is 0 Å². The zero-order valence-corrected chi connectivity index (χ0v) is 15.2. The monoisotopic (exact) mass is 334 g/mol. The largest absolute Gasteiger partial charge is 0.427 e. The number of fused-ring (bicyclic) bond motifs is 1. The van der Waals surface area contributed by atoms with Crippen LogP contribution in [-0.2, 0) is 4.65 Å². The molecule has 0 amide bonds. The maximum atomic E-state index is 10.2. The first-order valence-corrected chi connectivity index (χ1v) is 8.44. The van der Waals surface area contributed by atoms with Crippen molar-refractivity contribution in [3.05, 3.63) is 54.6 Å². The number of hydrogen-bond acceptors (Lipinski definition) is 4. The summed E-state index contributed by atoms with van der Waals surface area (Å²) in [7, 11) is 0.445. The summed E-state index contributed by atoms with van der Waals surface area (Å²) in [4.78, 5) is 0. The fraction of sp³-hybridized carbons (Fsp3) is 0.300. The normalized spacial score (nSPS) is 12.4. The van der Waals surface area contributed by atoms with Crippen LogP contribution in [0.5, 0.6) is 0 Å². The van der Waals surface area contributed by atoms with Gasteiger partial charge in [0.2, 0.25) is 0 Å². The highest BCUT2D eigenvalue weighted by Crippen LogP contribution is 2.24. The molecule has 1 aromatic heterocycles. The molecular weight excluding hydrogens is 311 g/mol. The standard InChI is InChI=1S/C20H23BN2O2/c1-19(2,24)20(3,4)25-21-16-11-9-14(10-12-16)18-13-15-7-5-6-8-17(15)22-23-18/h5-13,21,24H,1-4H3. The molecule has 3 aromatic rings. The molecule has 5 heteroatoms. The van der Waals surface area contributed by atoms with E-state index in [2.05, 4.69) is 10.2 Å². The smallest absolute Gasteiger partial charge is 0.309 e. The Morgan fingerprint density at radius 3 is 2.28 bits per heavy atom. The molecule has 3 rings (SSSR count). The van der Waals surface area contributed by atoms with E-state index in [9.17, 15) is 5.11 Å². The summed E-state index contributed by atoms with van der Waals surface area (Å²) in [5.74, 6) is 0. The second-order valence-electron chi connectivity index (χ2n) is 7.34. The Morgan fingerprint density at radius 2 is 1.60 bits per heavy atom. The van der Waals surface area contributed by atoms with Gasteiger partial charge in [0.25, 0.3) is 0 Å². The number of aliphatic hydroxyl groups is 1. The maximum absolute atomic E-state index is 10.2. The van der Waals surface area contributed by atoms with E-state index in [1.54, 1.807) is 13.8 Å². The molecule has 0 spiro atoms. The molecule has 0 radical (unpaired) electrons. The minimum atomic E-state index is -0.909. The third kappa shape index (κ3) is 3.89. The van der Waals surface area contributed by atoms with Crippen LogP contribution in [-0.4, -0.2) is 34.0 Å². The molecule has 4 nitrogen and oxygen atoms in total. The van der Waals surface area contributed by atoms with Gasteiger partial charge in [-0.25, -0.2) is 0 Å². The van der Waals surface area contributed by atoms with Crippen LogP contribution in [0.2, 0.25) is 0 Å². The quantitative estimate of drug-likeness (QED) is 0.729. The van der Waals surface area contributed by atoms with Gasteiger partial charge in [0.15, 0.2) is 0 Å². The predicted octanol–water partition coefficient (Wildman–Crippen LogP) is 2.84. The number of rotatable bonds is 5. The zero-order valence-electron chi connectivity index (χ0n) is 15.2. The third-order valence-electron chi connectivity index (χ3n) is 4.82. The van der Waals surface area contributed by atoms with Crippen molar-refractivity contribution >= 4 is 23.8 Å². The van der Waals surface area contributed by atoms with E-state index in [1.807, 2.05) is 68.4 Å². The van der Waals surface area contributed by atoms with Crippen LogP contribution < -0.4 is 5.46 Å². The van der Waals surface area contributed by atoms with Crippen molar-refractivity contribution in [2.24, 2.45) is 0 Å². The lowest BCUT2D eigenvalue weighted by Crippen LogP contribution is -2.49. The molecule has 25 heavy (non-hydrogen) atoms. The van der Waals surface area contributed by atoms with Gasteiger partial charge in [0.1, 0.15) is 0 Å². The van der Waals surface area contributed by atoms with E-state index in [0.717, 1.165) is 27.6 Å². The van der Waals surface area contributed by atoms with Crippen molar-refractivity contribution in [2.75, 3.05) is 0 Å². The van der Waals surface area contributed by atoms with Gasteiger partial charge in [-0.3, -0.25) is 0 Å². The summed E-state index contributed by atoms with van der Waals surface area (Å²) < 4.78 is 5.91. The SMILES string of the molecule is CC(C)(O)C(C)(C)OBc1ccc(-c2cc3ccccc3nn2)cc1. The average molecular weight is 334 g/mol. The topological polar surface area (TPSA) is 55.2 Å². The summed E-state index contributed by atoms with van der Waals surface area (Å²) in [5, 5.41) is 19.8. The fourth-order valence-electron chi connectivity index (χ4n) is 2.34. The summed E-state index contributed by atoms with van der Waals surface area (Å²) in [6, 6.07) is 18.1. The lowest BCUT2D eigenvalue weighted by atomic mass is 9.82. The van der Waals surface area contributed by atoms with Crippen LogP contribution in [0.1, 0.15) is 27.7 Å². The van der Waals surface area contributed by atoms with E-state index in [-0.39, 0.29) is 0 Å². The zero-order chi connectivity index (χ0) is 18.1. The Labute approximate surface area is 149 Å². The Morgan fingerprint density at radius 1 is 0.920 bits per heavy atom. The van der Waals surface area contributed by atoms with Crippen molar-refractivity contribution in [2.45, 2.75) is 38.9 Å². The van der Waals surface area contributed by atoms with E-state index in [1.165, 1.54) is 0 Å². The molecule has 0 saturated carbocycles. The van der Waals surface area contributed by atoms with E-state index >= 15 is 0 Å². The van der Waals surface area contributed by atoms with Crippen LogP contribution >= 0.6 is 0 Å². The Bertz CT molecular complexity index is 871. The van der Waals surface area contributed by atoms with Crippen molar-refractivity contribution < 1.29 is 9.76 Å². The van der Waals surface area contributed by atoms with Gasteiger partial charge >= 0.3 is 7.48 Å². The van der Waals surface area contributed by atoms with Gasteiger partial charge in [-0.15, -0.1) is 10.2 Å². The second-order valence-corrected chi connectivity index (χ2v) is 7.34. The molecule has 0 bridgehead atoms. The first-order chi connectivity index (χ1) is 11.8. The Balaban J connectivity index is 1.75. The van der Waals surface area contributed by atoms with Crippen molar-refractivity contribution in [3.8, 4) is 11.3 Å². The minimum absolute atomic E-state index is 0.445. The summed E-state index contributed by atoms with van der Waals surface area (Å²) in [6.45, 7) is 7.31. The first kappa shape index (κ1) is 17.6. The van der Waals surface area contributed by atoms with Crippen LogP contribution in [0.15, 0.2) is 54.6 Å². The number of aromatic nitrogens is 2. The van der Waals surface area contributed by atoms with E-state index in [4.69, 9.17) is 4.65 Å². The minimum Gasteiger partial charge on any atom is -0.427 e. The summed E-state index contributed by atoms with van der Waals surface area (Å²) in [5.41, 5.74) is 2.27. The van der Waals surface area contributed by atoms with Gasteiger partial charge in [-0.2, -0.15) is 0 Å². The molecule has 0 aliphatic carbocycles. The van der Waals surface area contributed by atoms with Gasteiger partial charge in [-0.1, -0.05) is 47.9 Å². The molecular formula is C20H23BN2O2. The number of nitrogens with zero attached hydrogens (tertiary/aromatic N) is 2. The fourth-order valence-corrected chi connectivity index (χ4v) is 2.34. The lowest BCUT2D eigenvalue weighted by Gasteiger charge is -2.37. The van der Waals surface area contributed by atoms with E-state index < -0.39 is 11.2 Å². The molecule has 0 unspecified atom stereocenters. The van der Waals surface area contributed by atoms with Gasteiger partial charge in [0, 0.05) is 10.9 Å². The number of hydrogen-bond donors (Lipinski definition) is 1. The maximum Gasteiger partial charge on any atom is 0.309 e. The predicted molar refractivity (Wildman–Crippen MR) is 103 cm³/mol. The van der Waals surface area contributed by atoms with Gasteiger partial charge in [-0.05, 0) is 39.8 Å². The molecule has 1 heterocycles. The van der Waals surface area contributed by atoms with Crippen LogP contribution in [0.4, 0.5) is 0 Å². The number of benzene rings is 2. The molecule has 0 saturated heterocycles. The Hall–Kier alpha value is -2.24. The molecule has 0 aliphatic heterocycles. The molecule has 0 aliphatic rings. The molecule has 0 atom stereocenters. The molecule has 0 fully saturated rings. The molecule has 128 valence electrons. The highest BCUT2D eigenvalue weighted by molar-refractivity contribution is 6.47. The summed E-state index contributed by atoms with van der Waals surface area (Å²) >= 11 is 0. The Kier molecular flexibility index (Phi) is 4.63. The average Bonchev–Trinajstić information content (AvgIpc) is 2.59. The van der Waals surface area contributed by atoms with Gasteiger partial charge < -0.3 is 9.76 Å². The lowest BCUT2D eigenvalue weighted by molar-refractivity contribution is -0.0893. The van der Waals surface area contributed by atoms with Crippen molar-refractivity contribution in [1.82, 2.24) is 10.2 Å². The second kappa shape index (κ2) is 6.58. The van der Waals surface area contributed by atoms with Crippen LogP contribution in [0, 0.1) is 0 Å². The van der Waals surface area contributed by atoms with Crippen LogP contribution in [0.3, 0.4) is 0 Å². The van der Waals surface area contributed by atoms with Crippen molar-refractivity contribution in [1.29, 1.82) is 0 Å². The highest BCUT2D eigenvalue weighted by Gasteiger charge is 2.35. The van der Waals surface area contributed by atoms with Gasteiger partial charge in [0.05, 0.1) is 22.4 Å². The third-order valence-corrected chi connectivity index (χ3v) is 4.82. The molecule has 1 N–H and O–H groups in total. The summed E-state index contributed by atoms with van der Waals surface area (Å²) in [6.07, 6.45) is 0. The highest BCUT2D eigenvalue weighted by atomic mass is 16.5. The van der Waals surface area contributed by atoms with Crippen LogP contribution in [0.25, 0.3) is 22.2 Å². The van der Waals surface area contributed by atoms with E-state index in [0.29, 0.717) is 7.48 Å².